The van der Waals surface area contributed by atoms with E-state index in [4.69, 9.17) is 10.2 Å². The molecule has 16 heavy (non-hydrogen) atoms. The highest BCUT2D eigenvalue weighted by atomic mass is 16.4. The standard InChI is InChI=1S/C10H18N2O4/c1-6-2-4-11-8(6)9(14)12-7(3-5-13)10(15)16/h6-8,11,13H,2-5H2,1H3,(H,12,14)(H,15,16)/t6?,7-,8?/m0/s1. The topological polar surface area (TPSA) is 98.7 Å². The third-order valence-electron chi connectivity index (χ3n) is 2.85. The van der Waals surface area contributed by atoms with Gasteiger partial charge >= 0.3 is 5.97 Å². The van der Waals surface area contributed by atoms with E-state index < -0.39 is 12.0 Å². The first-order chi connectivity index (χ1) is 7.56. The molecule has 1 heterocycles. The van der Waals surface area contributed by atoms with Gasteiger partial charge in [0.15, 0.2) is 0 Å². The van der Waals surface area contributed by atoms with E-state index >= 15 is 0 Å². The fourth-order valence-corrected chi connectivity index (χ4v) is 1.83. The van der Waals surface area contributed by atoms with Crippen molar-refractivity contribution in [2.24, 2.45) is 5.92 Å². The van der Waals surface area contributed by atoms with Crippen LogP contribution in [0.15, 0.2) is 0 Å². The lowest BCUT2D eigenvalue weighted by atomic mass is 10.0. The number of carbonyl (C=O) groups excluding carboxylic acids is 1. The van der Waals surface area contributed by atoms with Crippen molar-refractivity contribution < 1.29 is 19.8 Å². The molecular formula is C10H18N2O4. The molecule has 1 fully saturated rings. The summed E-state index contributed by atoms with van der Waals surface area (Å²) >= 11 is 0. The summed E-state index contributed by atoms with van der Waals surface area (Å²) in [5.74, 6) is -1.21. The lowest BCUT2D eigenvalue weighted by Gasteiger charge is -2.19. The number of aliphatic hydroxyl groups excluding tert-OH is 1. The summed E-state index contributed by atoms with van der Waals surface area (Å²) in [5.41, 5.74) is 0. The minimum atomic E-state index is -1.12. The Morgan fingerprint density at radius 1 is 1.56 bits per heavy atom. The quantitative estimate of drug-likeness (QED) is 0.482. The number of amides is 1. The van der Waals surface area contributed by atoms with Crippen molar-refractivity contribution in [3.8, 4) is 0 Å². The molecule has 0 aliphatic carbocycles. The zero-order valence-electron chi connectivity index (χ0n) is 9.27. The highest BCUT2D eigenvalue weighted by Crippen LogP contribution is 2.14. The van der Waals surface area contributed by atoms with Crippen LogP contribution >= 0.6 is 0 Å². The molecule has 1 saturated heterocycles. The number of rotatable bonds is 5. The average Bonchev–Trinajstić information content (AvgIpc) is 2.63. The maximum Gasteiger partial charge on any atom is 0.326 e. The van der Waals surface area contributed by atoms with E-state index in [-0.39, 0.29) is 30.9 Å². The number of aliphatic carboxylic acids is 1. The maximum absolute atomic E-state index is 11.7. The Morgan fingerprint density at radius 2 is 2.25 bits per heavy atom. The van der Waals surface area contributed by atoms with Crippen molar-refractivity contribution in [3.05, 3.63) is 0 Å². The first kappa shape index (κ1) is 12.9. The van der Waals surface area contributed by atoms with Gasteiger partial charge < -0.3 is 20.8 Å². The number of nitrogens with one attached hydrogen (secondary N) is 2. The summed E-state index contributed by atoms with van der Waals surface area (Å²) in [5, 5.41) is 23.0. The van der Waals surface area contributed by atoms with E-state index in [0.29, 0.717) is 0 Å². The molecule has 2 unspecified atom stereocenters. The smallest absolute Gasteiger partial charge is 0.326 e. The molecule has 0 aromatic rings. The van der Waals surface area contributed by atoms with Crippen molar-refractivity contribution in [3.63, 3.8) is 0 Å². The monoisotopic (exact) mass is 230 g/mol. The zero-order chi connectivity index (χ0) is 12.1. The van der Waals surface area contributed by atoms with Crippen LogP contribution in [-0.4, -0.2) is 47.3 Å². The van der Waals surface area contributed by atoms with Crippen LogP contribution in [0.2, 0.25) is 0 Å². The lowest BCUT2D eigenvalue weighted by Crippen LogP contribution is -2.50. The van der Waals surface area contributed by atoms with E-state index in [1.165, 1.54) is 0 Å². The number of aliphatic hydroxyl groups is 1. The highest BCUT2D eigenvalue weighted by molar-refractivity contribution is 5.87. The summed E-state index contributed by atoms with van der Waals surface area (Å²) in [6.07, 6.45) is 0.942. The number of carboxylic acid groups (broad SMARTS) is 1. The maximum atomic E-state index is 11.7. The number of carbonyl (C=O) groups is 2. The van der Waals surface area contributed by atoms with Crippen LogP contribution < -0.4 is 10.6 Å². The second kappa shape index (κ2) is 5.81. The van der Waals surface area contributed by atoms with Crippen molar-refractivity contribution in [1.29, 1.82) is 0 Å². The van der Waals surface area contributed by atoms with Gasteiger partial charge in [0.1, 0.15) is 6.04 Å². The lowest BCUT2D eigenvalue weighted by molar-refractivity contribution is -0.142. The first-order valence-corrected chi connectivity index (χ1v) is 5.43. The molecule has 0 bridgehead atoms. The molecule has 0 aromatic heterocycles. The summed E-state index contributed by atoms with van der Waals surface area (Å²) in [4.78, 5) is 22.5. The van der Waals surface area contributed by atoms with E-state index in [0.717, 1.165) is 13.0 Å². The SMILES string of the molecule is CC1CCNC1C(=O)N[C@@H](CCO)C(=O)O. The number of hydrogen-bond acceptors (Lipinski definition) is 4. The van der Waals surface area contributed by atoms with Gasteiger partial charge in [-0.3, -0.25) is 4.79 Å². The van der Waals surface area contributed by atoms with E-state index in [9.17, 15) is 9.59 Å². The summed E-state index contributed by atoms with van der Waals surface area (Å²) < 4.78 is 0. The molecule has 1 aliphatic heterocycles. The van der Waals surface area contributed by atoms with Gasteiger partial charge in [-0.15, -0.1) is 0 Å². The molecule has 1 rings (SSSR count). The third kappa shape index (κ3) is 3.18. The largest absolute Gasteiger partial charge is 0.480 e. The molecule has 0 aromatic carbocycles. The van der Waals surface area contributed by atoms with Crippen LogP contribution in [0.4, 0.5) is 0 Å². The summed E-state index contributed by atoms with van der Waals surface area (Å²) in [7, 11) is 0. The zero-order valence-corrected chi connectivity index (χ0v) is 9.27. The van der Waals surface area contributed by atoms with E-state index in [1.807, 2.05) is 6.92 Å². The average molecular weight is 230 g/mol. The van der Waals surface area contributed by atoms with E-state index in [2.05, 4.69) is 10.6 Å². The van der Waals surface area contributed by atoms with Crippen molar-refractivity contribution >= 4 is 11.9 Å². The van der Waals surface area contributed by atoms with Crippen molar-refractivity contribution in [2.45, 2.75) is 31.8 Å². The van der Waals surface area contributed by atoms with Gasteiger partial charge in [0.25, 0.3) is 0 Å². The Morgan fingerprint density at radius 3 is 2.69 bits per heavy atom. The normalized spacial score (nSPS) is 26.4. The molecule has 0 saturated carbocycles. The predicted octanol–water partition coefficient (Wildman–Crippen LogP) is -1.06. The van der Waals surface area contributed by atoms with Gasteiger partial charge in [-0.1, -0.05) is 6.92 Å². The Kier molecular flexibility index (Phi) is 4.70. The van der Waals surface area contributed by atoms with Crippen LogP contribution in [0.1, 0.15) is 19.8 Å². The number of hydrogen-bond donors (Lipinski definition) is 4. The molecule has 4 N–H and O–H groups in total. The highest BCUT2D eigenvalue weighted by Gasteiger charge is 2.31. The van der Waals surface area contributed by atoms with Crippen LogP contribution in [0.3, 0.4) is 0 Å². The Balaban J connectivity index is 2.50. The van der Waals surface area contributed by atoms with Gasteiger partial charge in [-0.25, -0.2) is 4.79 Å². The summed E-state index contributed by atoms with van der Waals surface area (Å²) in [6.45, 7) is 2.47. The van der Waals surface area contributed by atoms with E-state index in [1.54, 1.807) is 0 Å². The van der Waals surface area contributed by atoms with Gasteiger partial charge in [0, 0.05) is 13.0 Å². The van der Waals surface area contributed by atoms with Gasteiger partial charge in [0.05, 0.1) is 6.04 Å². The summed E-state index contributed by atoms with van der Waals surface area (Å²) in [6, 6.07) is -1.33. The van der Waals surface area contributed by atoms with Gasteiger partial charge in [-0.05, 0) is 18.9 Å². The molecule has 3 atom stereocenters. The van der Waals surface area contributed by atoms with Crippen LogP contribution in [0.25, 0.3) is 0 Å². The van der Waals surface area contributed by atoms with Gasteiger partial charge in [0.2, 0.25) is 5.91 Å². The molecule has 0 radical (unpaired) electrons. The molecular weight excluding hydrogens is 212 g/mol. The van der Waals surface area contributed by atoms with Gasteiger partial charge in [-0.2, -0.15) is 0 Å². The second-order valence-corrected chi connectivity index (χ2v) is 4.11. The molecule has 1 aliphatic rings. The molecule has 6 nitrogen and oxygen atoms in total. The molecule has 0 spiro atoms. The third-order valence-corrected chi connectivity index (χ3v) is 2.85. The Hall–Kier alpha value is -1.14. The fourth-order valence-electron chi connectivity index (χ4n) is 1.83. The number of carboxylic acids is 1. The molecule has 92 valence electrons. The van der Waals surface area contributed by atoms with Crippen LogP contribution in [0.5, 0.6) is 0 Å². The molecule has 1 amide bonds. The minimum absolute atomic E-state index is 0.0299. The van der Waals surface area contributed by atoms with Crippen molar-refractivity contribution in [1.82, 2.24) is 10.6 Å². The van der Waals surface area contributed by atoms with Crippen LogP contribution in [-0.2, 0) is 9.59 Å². The van der Waals surface area contributed by atoms with Crippen LogP contribution in [0, 0.1) is 5.92 Å². The fraction of sp³-hybridized carbons (Fsp3) is 0.800. The first-order valence-electron chi connectivity index (χ1n) is 5.43. The second-order valence-electron chi connectivity index (χ2n) is 4.11. The van der Waals surface area contributed by atoms with Crippen molar-refractivity contribution in [2.75, 3.05) is 13.2 Å². The Bertz CT molecular complexity index is 270. The Labute approximate surface area is 94.0 Å². The molecule has 6 heteroatoms. The predicted molar refractivity (Wildman–Crippen MR) is 56.8 cm³/mol. The minimum Gasteiger partial charge on any atom is -0.480 e.